The molecule has 3 rings (SSSR count). The molecule has 0 unspecified atom stereocenters. The summed E-state index contributed by atoms with van der Waals surface area (Å²) in [6.07, 6.45) is 4.90. The van der Waals surface area contributed by atoms with Gasteiger partial charge in [0, 0.05) is 17.5 Å². The van der Waals surface area contributed by atoms with Crippen molar-refractivity contribution in [2.45, 2.75) is 45.1 Å². The van der Waals surface area contributed by atoms with Gasteiger partial charge in [-0.25, -0.2) is 4.79 Å². The van der Waals surface area contributed by atoms with Crippen molar-refractivity contribution in [3.05, 3.63) is 66.9 Å². The first kappa shape index (κ1) is 22.9. The summed E-state index contributed by atoms with van der Waals surface area (Å²) in [5.41, 5.74) is 2.05. The Morgan fingerprint density at radius 1 is 0.875 bits per heavy atom. The van der Waals surface area contributed by atoms with E-state index in [2.05, 4.69) is 20.9 Å². The summed E-state index contributed by atoms with van der Waals surface area (Å²) >= 11 is 0. The predicted octanol–water partition coefficient (Wildman–Crippen LogP) is 4.90. The van der Waals surface area contributed by atoms with Gasteiger partial charge in [-0.2, -0.15) is 0 Å². The van der Waals surface area contributed by atoms with Gasteiger partial charge in [0.15, 0.2) is 0 Å². The molecule has 3 aromatic rings. The third kappa shape index (κ3) is 7.19. The summed E-state index contributed by atoms with van der Waals surface area (Å²) in [4.78, 5) is 40.9. The fourth-order valence-electron chi connectivity index (χ4n) is 3.38. The second-order valence-electron chi connectivity index (χ2n) is 7.72. The van der Waals surface area contributed by atoms with Crippen molar-refractivity contribution in [2.24, 2.45) is 0 Å². The van der Waals surface area contributed by atoms with E-state index in [0.717, 1.165) is 23.7 Å². The van der Waals surface area contributed by atoms with E-state index in [-0.39, 0.29) is 11.7 Å². The molecule has 0 aliphatic heterocycles. The highest BCUT2D eigenvalue weighted by molar-refractivity contribution is 6.00. The van der Waals surface area contributed by atoms with E-state index in [0.29, 0.717) is 30.6 Å². The average Bonchev–Trinajstić information content (AvgIpc) is 2.78. The third-order valence-electron chi connectivity index (χ3n) is 5.03. The maximum atomic E-state index is 13.0. The number of pyridine rings is 1. The summed E-state index contributed by atoms with van der Waals surface area (Å²) in [5, 5.41) is 9.30. The van der Waals surface area contributed by atoms with Crippen molar-refractivity contribution in [2.75, 3.05) is 10.6 Å². The number of para-hydroxylation sites is 2. The first-order valence-electron chi connectivity index (χ1n) is 10.8. The Kier molecular flexibility index (Phi) is 8.31. The SMILES string of the molecule is CC(=O)CCCCC[C@H](NC(=O)Nc1ccccc1)C(=O)Nc1cnc2ccccc2c1. The number of hydrogen-bond donors (Lipinski definition) is 3. The minimum atomic E-state index is -0.720. The molecule has 7 nitrogen and oxygen atoms in total. The lowest BCUT2D eigenvalue weighted by atomic mass is 10.1. The van der Waals surface area contributed by atoms with Gasteiger partial charge in [-0.3, -0.25) is 9.78 Å². The molecule has 3 amide bonds. The van der Waals surface area contributed by atoms with Crippen LogP contribution in [-0.2, 0) is 9.59 Å². The number of carbonyl (C=O) groups is 3. The number of rotatable bonds is 10. The third-order valence-corrected chi connectivity index (χ3v) is 5.03. The number of hydrogen-bond acceptors (Lipinski definition) is 4. The van der Waals surface area contributed by atoms with Crippen molar-refractivity contribution >= 4 is 40.0 Å². The molecule has 166 valence electrons. The van der Waals surface area contributed by atoms with Crippen LogP contribution in [0.5, 0.6) is 0 Å². The van der Waals surface area contributed by atoms with Gasteiger partial charge in [-0.15, -0.1) is 0 Å². The standard InChI is InChI=1S/C25H28N4O3/c1-18(30)10-4-2-7-15-23(29-25(32)28-20-12-5-3-6-13-20)24(31)27-21-16-19-11-8-9-14-22(19)26-17-21/h3,5-6,8-9,11-14,16-17,23H,2,4,7,10,15H2,1H3,(H,27,31)(H2,28,29,32)/t23-/m0/s1. The van der Waals surface area contributed by atoms with Crippen LogP contribution < -0.4 is 16.0 Å². The van der Waals surface area contributed by atoms with Gasteiger partial charge in [-0.05, 0) is 44.0 Å². The molecule has 2 aromatic carbocycles. The fraction of sp³-hybridized carbons (Fsp3) is 0.280. The molecule has 7 heteroatoms. The fourth-order valence-corrected chi connectivity index (χ4v) is 3.38. The van der Waals surface area contributed by atoms with Gasteiger partial charge in [0.05, 0.1) is 17.4 Å². The molecule has 3 N–H and O–H groups in total. The monoisotopic (exact) mass is 432 g/mol. The number of amides is 3. The summed E-state index contributed by atoms with van der Waals surface area (Å²) in [6, 6.07) is 17.4. The highest BCUT2D eigenvalue weighted by atomic mass is 16.2. The molecule has 1 atom stereocenters. The van der Waals surface area contributed by atoms with E-state index in [9.17, 15) is 14.4 Å². The average molecular weight is 433 g/mol. The van der Waals surface area contributed by atoms with Crippen molar-refractivity contribution in [3.8, 4) is 0 Å². The molecule has 0 fully saturated rings. The number of fused-ring (bicyclic) bond motifs is 1. The quantitative estimate of drug-likeness (QED) is 0.397. The number of Topliss-reactive ketones (excluding diaryl/α,β-unsaturated/α-hetero) is 1. The molecule has 0 radical (unpaired) electrons. The predicted molar refractivity (Wildman–Crippen MR) is 127 cm³/mol. The normalized spacial score (nSPS) is 11.5. The Balaban J connectivity index is 1.64. The van der Waals surface area contributed by atoms with E-state index < -0.39 is 12.1 Å². The first-order valence-corrected chi connectivity index (χ1v) is 10.8. The van der Waals surface area contributed by atoms with Gasteiger partial charge < -0.3 is 20.7 Å². The number of anilines is 2. The minimum Gasteiger partial charge on any atom is -0.326 e. The van der Waals surface area contributed by atoms with Crippen molar-refractivity contribution in [1.82, 2.24) is 10.3 Å². The summed E-state index contributed by atoms with van der Waals surface area (Å²) in [6.45, 7) is 1.57. The highest BCUT2D eigenvalue weighted by Gasteiger charge is 2.21. The highest BCUT2D eigenvalue weighted by Crippen LogP contribution is 2.17. The van der Waals surface area contributed by atoms with Gasteiger partial charge in [0.25, 0.3) is 0 Å². The molecular weight excluding hydrogens is 404 g/mol. The van der Waals surface area contributed by atoms with Crippen molar-refractivity contribution in [1.29, 1.82) is 0 Å². The topological polar surface area (TPSA) is 100 Å². The van der Waals surface area contributed by atoms with E-state index in [1.54, 1.807) is 25.3 Å². The van der Waals surface area contributed by atoms with Crippen LogP contribution in [-0.4, -0.2) is 28.7 Å². The van der Waals surface area contributed by atoms with Gasteiger partial charge in [0.1, 0.15) is 11.8 Å². The van der Waals surface area contributed by atoms with Crippen LogP contribution in [0.3, 0.4) is 0 Å². The van der Waals surface area contributed by atoms with Gasteiger partial charge in [0.2, 0.25) is 5.91 Å². The van der Waals surface area contributed by atoms with Gasteiger partial charge >= 0.3 is 6.03 Å². The smallest absolute Gasteiger partial charge is 0.319 e. The molecular formula is C25H28N4O3. The van der Waals surface area contributed by atoms with Crippen molar-refractivity contribution in [3.63, 3.8) is 0 Å². The minimum absolute atomic E-state index is 0.156. The zero-order chi connectivity index (χ0) is 22.8. The largest absolute Gasteiger partial charge is 0.326 e. The van der Waals surface area contributed by atoms with Crippen LogP contribution >= 0.6 is 0 Å². The van der Waals surface area contributed by atoms with E-state index in [1.165, 1.54) is 0 Å². The number of urea groups is 1. The van der Waals surface area contributed by atoms with E-state index in [4.69, 9.17) is 0 Å². The van der Waals surface area contributed by atoms with E-state index in [1.807, 2.05) is 48.5 Å². The molecule has 0 saturated carbocycles. The Morgan fingerprint density at radius 2 is 1.62 bits per heavy atom. The number of nitrogens with one attached hydrogen (secondary N) is 3. The molecule has 0 saturated heterocycles. The number of ketones is 1. The lowest BCUT2D eigenvalue weighted by Gasteiger charge is -2.19. The second-order valence-corrected chi connectivity index (χ2v) is 7.72. The number of nitrogens with zero attached hydrogens (tertiary/aromatic N) is 1. The van der Waals surface area contributed by atoms with Crippen LogP contribution in [0.4, 0.5) is 16.2 Å². The van der Waals surface area contributed by atoms with Crippen LogP contribution in [0.25, 0.3) is 10.9 Å². The van der Waals surface area contributed by atoms with Crippen LogP contribution in [0.2, 0.25) is 0 Å². The van der Waals surface area contributed by atoms with Crippen molar-refractivity contribution < 1.29 is 14.4 Å². The summed E-state index contributed by atoms with van der Waals surface area (Å²) < 4.78 is 0. The van der Waals surface area contributed by atoms with Crippen LogP contribution in [0.15, 0.2) is 66.9 Å². The lowest BCUT2D eigenvalue weighted by Crippen LogP contribution is -2.45. The zero-order valence-corrected chi connectivity index (χ0v) is 18.1. The molecule has 32 heavy (non-hydrogen) atoms. The number of benzene rings is 2. The summed E-state index contributed by atoms with van der Waals surface area (Å²) in [5.74, 6) is -0.152. The molecule has 1 aromatic heterocycles. The first-order chi connectivity index (χ1) is 15.5. The Bertz CT molecular complexity index is 1070. The maximum absolute atomic E-state index is 13.0. The zero-order valence-electron chi connectivity index (χ0n) is 18.1. The maximum Gasteiger partial charge on any atom is 0.319 e. The summed E-state index contributed by atoms with van der Waals surface area (Å²) in [7, 11) is 0. The van der Waals surface area contributed by atoms with Gasteiger partial charge in [-0.1, -0.05) is 49.2 Å². The van der Waals surface area contributed by atoms with E-state index >= 15 is 0 Å². The number of unbranched alkanes of at least 4 members (excludes halogenated alkanes) is 2. The lowest BCUT2D eigenvalue weighted by molar-refractivity contribution is -0.118. The Morgan fingerprint density at radius 3 is 2.41 bits per heavy atom. The molecule has 0 bridgehead atoms. The Hall–Kier alpha value is -3.74. The number of aromatic nitrogens is 1. The second kappa shape index (κ2) is 11.6. The Labute approximate surface area is 187 Å². The number of carbonyl (C=O) groups excluding carboxylic acids is 3. The molecule has 0 aliphatic rings. The van der Waals surface area contributed by atoms with Crippen LogP contribution in [0.1, 0.15) is 39.0 Å². The molecule has 0 aliphatic carbocycles. The molecule has 1 heterocycles. The van der Waals surface area contributed by atoms with Crippen LogP contribution in [0, 0.1) is 0 Å². The molecule has 0 spiro atoms.